The van der Waals surface area contributed by atoms with Crippen molar-refractivity contribution in [2.45, 2.75) is 64.2 Å². The summed E-state index contributed by atoms with van der Waals surface area (Å²) in [5.41, 5.74) is -0.0799. The quantitative estimate of drug-likeness (QED) is 0.873. The Bertz CT molecular complexity index is 627. The third-order valence-corrected chi connectivity index (χ3v) is 7.20. The molecular weight excluding hydrogens is 332 g/mol. The van der Waals surface area contributed by atoms with Gasteiger partial charge >= 0.3 is 0 Å². The Morgan fingerprint density at radius 1 is 1.36 bits per heavy atom. The molecule has 25 heavy (non-hydrogen) atoms. The highest BCUT2D eigenvalue weighted by Gasteiger charge is 2.48. The van der Waals surface area contributed by atoms with Crippen LogP contribution in [0.3, 0.4) is 0 Å². The van der Waals surface area contributed by atoms with Crippen LogP contribution in [0.25, 0.3) is 0 Å². The summed E-state index contributed by atoms with van der Waals surface area (Å²) in [6.45, 7) is 8.49. The van der Waals surface area contributed by atoms with E-state index in [1.165, 1.54) is 22.6 Å². The number of ether oxygens (including phenoxy) is 1. The van der Waals surface area contributed by atoms with Crippen molar-refractivity contribution in [2.75, 3.05) is 19.6 Å². The van der Waals surface area contributed by atoms with Crippen molar-refractivity contribution < 1.29 is 9.53 Å². The fraction of sp³-hybridized carbons (Fsp3) is 0.750. The zero-order valence-electron chi connectivity index (χ0n) is 15.4. The molecule has 1 aliphatic carbocycles. The Labute approximate surface area is 154 Å². The maximum Gasteiger partial charge on any atom is 0.249 e. The van der Waals surface area contributed by atoms with Gasteiger partial charge in [0.05, 0.1) is 5.60 Å². The van der Waals surface area contributed by atoms with Gasteiger partial charge < -0.3 is 10.1 Å². The van der Waals surface area contributed by atoms with Crippen molar-refractivity contribution in [2.24, 2.45) is 11.8 Å². The molecule has 1 N–H and O–H groups in total. The molecule has 2 saturated heterocycles. The van der Waals surface area contributed by atoms with Crippen LogP contribution in [0.5, 0.6) is 0 Å². The third-order valence-electron chi connectivity index (χ3n) is 6.22. The number of carbonyl (C=O) groups excluding carboxylic acids is 1. The Hall–Kier alpha value is -0.910. The second kappa shape index (κ2) is 7.01. The first kappa shape index (κ1) is 17.5. The molecule has 1 aromatic rings. The number of carbonyl (C=O) groups is 1. The number of hydrogen-bond donors (Lipinski definition) is 1. The predicted octanol–water partition coefficient (Wildman–Crippen LogP) is 3.34. The van der Waals surface area contributed by atoms with Gasteiger partial charge in [-0.15, -0.1) is 11.3 Å². The summed E-state index contributed by atoms with van der Waals surface area (Å²) in [5.74, 6) is 1.32. The summed E-state index contributed by atoms with van der Waals surface area (Å²) < 4.78 is 6.38. The van der Waals surface area contributed by atoms with Crippen LogP contribution in [0.4, 0.5) is 0 Å². The van der Waals surface area contributed by atoms with Crippen molar-refractivity contribution >= 4 is 17.2 Å². The summed E-state index contributed by atoms with van der Waals surface area (Å²) in [4.78, 5) is 17.8. The number of nitrogens with one attached hydrogen (secondary N) is 1. The Morgan fingerprint density at radius 3 is 2.88 bits per heavy atom. The van der Waals surface area contributed by atoms with Crippen LogP contribution in [-0.4, -0.2) is 42.1 Å². The molecule has 4 nitrogen and oxygen atoms in total. The first-order chi connectivity index (χ1) is 12.0. The van der Waals surface area contributed by atoms with Crippen molar-refractivity contribution in [3.63, 3.8) is 0 Å². The normalized spacial score (nSPS) is 33.0. The van der Waals surface area contributed by atoms with Gasteiger partial charge in [0.25, 0.3) is 0 Å². The van der Waals surface area contributed by atoms with Crippen LogP contribution in [0.15, 0.2) is 12.1 Å². The smallest absolute Gasteiger partial charge is 0.249 e. The molecule has 1 spiro atoms. The number of hydrogen-bond acceptors (Lipinski definition) is 4. The minimum atomic E-state index is -0.229. The lowest BCUT2D eigenvalue weighted by Gasteiger charge is -2.44. The zero-order valence-corrected chi connectivity index (χ0v) is 16.2. The number of piperidine rings is 1. The highest BCUT2D eigenvalue weighted by Crippen LogP contribution is 2.42. The standard InChI is InChI=1S/C20H30N2O2S/c1-14-12-22(13-17-6-3-15(2)25-17)10-9-20(14)8-7-18(24-20)19(23)21-11-16-4-5-16/h3,6,14,16,18H,4-5,7-13H2,1-2H3,(H,21,23)/t14-,18?,20+/m1/s1. The molecule has 3 aliphatic rings. The first-order valence-corrected chi connectivity index (χ1v) is 10.6. The Balaban J connectivity index is 1.30. The maximum absolute atomic E-state index is 12.4. The van der Waals surface area contributed by atoms with Crippen LogP contribution in [-0.2, 0) is 16.1 Å². The maximum atomic E-state index is 12.4. The topological polar surface area (TPSA) is 41.6 Å². The predicted molar refractivity (Wildman–Crippen MR) is 101 cm³/mol. The van der Waals surface area contributed by atoms with Gasteiger partial charge in [-0.3, -0.25) is 9.69 Å². The van der Waals surface area contributed by atoms with Crippen molar-refractivity contribution in [1.29, 1.82) is 0 Å². The summed E-state index contributed by atoms with van der Waals surface area (Å²) in [6.07, 6.45) is 5.27. The van der Waals surface area contributed by atoms with E-state index in [2.05, 4.69) is 36.2 Å². The third kappa shape index (κ3) is 3.93. The first-order valence-electron chi connectivity index (χ1n) is 9.77. The van der Waals surface area contributed by atoms with Gasteiger partial charge in [0.2, 0.25) is 5.91 Å². The molecule has 3 fully saturated rings. The monoisotopic (exact) mass is 362 g/mol. The minimum Gasteiger partial charge on any atom is -0.362 e. The minimum absolute atomic E-state index is 0.0799. The van der Waals surface area contributed by atoms with Gasteiger partial charge in [0, 0.05) is 35.9 Å². The zero-order chi connectivity index (χ0) is 17.4. The van der Waals surface area contributed by atoms with Crippen molar-refractivity contribution in [3.05, 3.63) is 21.9 Å². The van der Waals surface area contributed by atoms with Gasteiger partial charge in [0.1, 0.15) is 6.10 Å². The van der Waals surface area contributed by atoms with Crippen LogP contribution in [0, 0.1) is 18.8 Å². The number of amides is 1. The molecule has 1 amide bonds. The summed E-state index contributed by atoms with van der Waals surface area (Å²) in [7, 11) is 0. The molecule has 0 bridgehead atoms. The van der Waals surface area contributed by atoms with Crippen LogP contribution in [0.1, 0.15) is 48.8 Å². The van der Waals surface area contributed by atoms with Crippen LogP contribution < -0.4 is 5.32 Å². The highest BCUT2D eigenvalue weighted by molar-refractivity contribution is 7.11. The van der Waals surface area contributed by atoms with Crippen molar-refractivity contribution in [1.82, 2.24) is 10.2 Å². The lowest BCUT2D eigenvalue weighted by molar-refractivity contribution is -0.147. The molecule has 0 aromatic carbocycles. The van der Waals surface area contributed by atoms with E-state index in [9.17, 15) is 4.79 Å². The van der Waals surface area contributed by atoms with Gasteiger partial charge in [-0.05, 0) is 63.0 Å². The molecule has 3 atom stereocenters. The van der Waals surface area contributed by atoms with Gasteiger partial charge in [0.15, 0.2) is 0 Å². The Kier molecular flexibility index (Phi) is 4.91. The van der Waals surface area contributed by atoms with E-state index in [-0.39, 0.29) is 17.6 Å². The molecule has 3 heterocycles. The molecule has 1 saturated carbocycles. The molecule has 138 valence electrons. The molecule has 5 heteroatoms. The second-order valence-electron chi connectivity index (χ2n) is 8.30. The Morgan fingerprint density at radius 2 is 2.20 bits per heavy atom. The molecule has 2 aliphatic heterocycles. The number of nitrogens with zero attached hydrogens (tertiary/aromatic N) is 1. The molecule has 4 rings (SSSR count). The van der Waals surface area contributed by atoms with Crippen LogP contribution >= 0.6 is 11.3 Å². The average molecular weight is 363 g/mol. The summed E-state index contributed by atoms with van der Waals surface area (Å²) >= 11 is 1.90. The molecule has 0 radical (unpaired) electrons. The van der Waals surface area contributed by atoms with Gasteiger partial charge in [-0.2, -0.15) is 0 Å². The molecule has 1 unspecified atom stereocenters. The van der Waals surface area contributed by atoms with E-state index in [4.69, 9.17) is 4.74 Å². The van der Waals surface area contributed by atoms with Crippen LogP contribution in [0.2, 0.25) is 0 Å². The van der Waals surface area contributed by atoms with E-state index in [1.807, 2.05) is 11.3 Å². The number of rotatable bonds is 5. The summed E-state index contributed by atoms with van der Waals surface area (Å²) in [6, 6.07) is 4.46. The number of likely N-dealkylation sites (tertiary alicyclic amines) is 1. The van der Waals surface area contributed by atoms with E-state index in [1.54, 1.807) is 0 Å². The second-order valence-corrected chi connectivity index (χ2v) is 9.67. The average Bonchev–Trinajstić information content (AvgIpc) is 3.18. The summed E-state index contributed by atoms with van der Waals surface area (Å²) in [5, 5.41) is 3.09. The number of thiophene rings is 1. The fourth-order valence-corrected chi connectivity index (χ4v) is 5.29. The fourth-order valence-electron chi connectivity index (χ4n) is 4.36. The lowest BCUT2D eigenvalue weighted by Crippen LogP contribution is -2.51. The highest BCUT2D eigenvalue weighted by atomic mass is 32.1. The lowest BCUT2D eigenvalue weighted by atomic mass is 9.80. The van der Waals surface area contributed by atoms with E-state index in [0.717, 1.165) is 51.4 Å². The van der Waals surface area contributed by atoms with Crippen molar-refractivity contribution in [3.8, 4) is 0 Å². The van der Waals surface area contributed by atoms with Gasteiger partial charge in [-0.25, -0.2) is 0 Å². The van der Waals surface area contributed by atoms with Gasteiger partial charge in [-0.1, -0.05) is 6.92 Å². The largest absolute Gasteiger partial charge is 0.362 e. The molecule has 1 aromatic heterocycles. The number of aryl methyl sites for hydroxylation is 1. The SMILES string of the molecule is Cc1ccc(CN2CC[C@@]3(CCC(C(=O)NCC4CC4)O3)[C@H](C)C2)s1. The van der Waals surface area contributed by atoms with E-state index < -0.39 is 0 Å². The molecular formula is C20H30N2O2S. The van der Waals surface area contributed by atoms with E-state index >= 15 is 0 Å². The van der Waals surface area contributed by atoms with E-state index in [0.29, 0.717) is 5.92 Å².